The SMILES string of the molecule is O=Cc1ccc2c(c1)C(Cc1ccccc1)CC2. The lowest BCUT2D eigenvalue weighted by Gasteiger charge is -2.12. The Morgan fingerprint density at radius 2 is 1.94 bits per heavy atom. The van der Waals surface area contributed by atoms with Gasteiger partial charge in [0.05, 0.1) is 0 Å². The molecule has 2 aromatic carbocycles. The average Bonchev–Trinajstić information content (AvgIpc) is 2.82. The third-order valence-electron chi connectivity index (χ3n) is 3.83. The zero-order valence-corrected chi connectivity index (χ0v) is 10.3. The number of rotatable bonds is 3. The number of aryl methyl sites for hydroxylation is 1. The van der Waals surface area contributed by atoms with Crippen molar-refractivity contribution in [1.29, 1.82) is 0 Å². The number of hydrogen-bond acceptors (Lipinski definition) is 1. The molecule has 18 heavy (non-hydrogen) atoms. The molecule has 0 radical (unpaired) electrons. The van der Waals surface area contributed by atoms with Crippen molar-refractivity contribution in [3.63, 3.8) is 0 Å². The van der Waals surface area contributed by atoms with E-state index in [4.69, 9.17) is 0 Å². The van der Waals surface area contributed by atoms with Crippen molar-refractivity contribution in [3.8, 4) is 0 Å². The molecule has 1 unspecified atom stereocenters. The molecule has 0 heterocycles. The molecule has 3 rings (SSSR count). The maximum Gasteiger partial charge on any atom is 0.150 e. The van der Waals surface area contributed by atoms with Crippen molar-refractivity contribution in [2.45, 2.75) is 25.2 Å². The van der Waals surface area contributed by atoms with Gasteiger partial charge in [0, 0.05) is 5.56 Å². The van der Waals surface area contributed by atoms with E-state index >= 15 is 0 Å². The van der Waals surface area contributed by atoms with Crippen LogP contribution in [0.15, 0.2) is 48.5 Å². The van der Waals surface area contributed by atoms with Gasteiger partial charge in [0.25, 0.3) is 0 Å². The number of fused-ring (bicyclic) bond motifs is 1. The summed E-state index contributed by atoms with van der Waals surface area (Å²) in [6.07, 6.45) is 4.37. The normalized spacial score (nSPS) is 17.4. The number of hydrogen-bond donors (Lipinski definition) is 0. The van der Waals surface area contributed by atoms with Gasteiger partial charge in [-0.2, -0.15) is 0 Å². The van der Waals surface area contributed by atoms with Gasteiger partial charge in [-0.25, -0.2) is 0 Å². The third-order valence-corrected chi connectivity index (χ3v) is 3.83. The minimum absolute atomic E-state index is 0.572. The monoisotopic (exact) mass is 236 g/mol. The lowest BCUT2D eigenvalue weighted by atomic mass is 9.93. The van der Waals surface area contributed by atoms with Crippen molar-refractivity contribution in [2.24, 2.45) is 0 Å². The molecule has 0 spiro atoms. The highest BCUT2D eigenvalue weighted by Gasteiger charge is 2.22. The molecule has 0 N–H and O–H groups in total. The first kappa shape index (κ1) is 11.2. The van der Waals surface area contributed by atoms with Crippen LogP contribution in [0.5, 0.6) is 0 Å². The standard InChI is InChI=1S/C17H16O/c18-12-14-6-7-15-8-9-16(17(15)11-14)10-13-4-2-1-3-5-13/h1-7,11-12,16H,8-10H2. The first-order valence-electron chi connectivity index (χ1n) is 6.49. The molecule has 2 aromatic rings. The smallest absolute Gasteiger partial charge is 0.150 e. The maximum absolute atomic E-state index is 10.9. The molecule has 0 aromatic heterocycles. The molecule has 0 saturated carbocycles. The Hall–Kier alpha value is -1.89. The van der Waals surface area contributed by atoms with Crippen LogP contribution < -0.4 is 0 Å². The fourth-order valence-electron chi connectivity index (χ4n) is 2.89. The van der Waals surface area contributed by atoms with Crippen LogP contribution in [0.4, 0.5) is 0 Å². The summed E-state index contributed by atoms with van der Waals surface area (Å²) in [6, 6.07) is 16.7. The van der Waals surface area contributed by atoms with Crippen molar-refractivity contribution in [3.05, 3.63) is 70.8 Å². The van der Waals surface area contributed by atoms with Crippen LogP contribution in [0.3, 0.4) is 0 Å². The van der Waals surface area contributed by atoms with Crippen LogP contribution in [0.2, 0.25) is 0 Å². The third kappa shape index (κ3) is 2.08. The predicted molar refractivity (Wildman–Crippen MR) is 73.0 cm³/mol. The van der Waals surface area contributed by atoms with Gasteiger partial charge in [-0.1, -0.05) is 42.5 Å². The topological polar surface area (TPSA) is 17.1 Å². The Bertz CT molecular complexity index is 557. The molecule has 1 atom stereocenters. The van der Waals surface area contributed by atoms with Crippen LogP contribution in [0, 0.1) is 0 Å². The van der Waals surface area contributed by atoms with E-state index in [9.17, 15) is 4.79 Å². The van der Waals surface area contributed by atoms with E-state index < -0.39 is 0 Å². The molecule has 1 nitrogen and oxygen atoms in total. The maximum atomic E-state index is 10.9. The predicted octanol–water partition coefficient (Wildman–Crippen LogP) is 3.77. The zero-order valence-electron chi connectivity index (χ0n) is 10.3. The summed E-state index contributed by atoms with van der Waals surface area (Å²) in [5.74, 6) is 0.572. The van der Waals surface area contributed by atoms with E-state index in [-0.39, 0.29) is 0 Å². The highest BCUT2D eigenvalue weighted by molar-refractivity contribution is 5.75. The van der Waals surface area contributed by atoms with Crippen molar-refractivity contribution in [1.82, 2.24) is 0 Å². The van der Waals surface area contributed by atoms with E-state index in [0.717, 1.165) is 24.7 Å². The van der Waals surface area contributed by atoms with Gasteiger partial charge in [0.2, 0.25) is 0 Å². The van der Waals surface area contributed by atoms with Crippen molar-refractivity contribution < 1.29 is 4.79 Å². The minimum Gasteiger partial charge on any atom is -0.298 e. The molecule has 0 amide bonds. The lowest BCUT2D eigenvalue weighted by molar-refractivity contribution is 0.112. The van der Waals surface area contributed by atoms with Gasteiger partial charge in [-0.05, 0) is 47.9 Å². The highest BCUT2D eigenvalue weighted by Crippen LogP contribution is 2.35. The molecule has 0 fully saturated rings. The first-order valence-corrected chi connectivity index (χ1v) is 6.49. The summed E-state index contributed by atoms with van der Waals surface area (Å²) in [5, 5.41) is 0. The van der Waals surface area contributed by atoms with E-state index in [1.807, 2.05) is 6.07 Å². The first-order chi connectivity index (χ1) is 8.86. The van der Waals surface area contributed by atoms with E-state index in [1.54, 1.807) is 0 Å². The molecule has 1 aliphatic rings. The van der Waals surface area contributed by atoms with Gasteiger partial charge in [0.15, 0.2) is 0 Å². The highest BCUT2D eigenvalue weighted by atomic mass is 16.1. The fourth-order valence-corrected chi connectivity index (χ4v) is 2.89. The number of benzene rings is 2. The van der Waals surface area contributed by atoms with Crippen LogP contribution in [0.25, 0.3) is 0 Å². The molecular formula is C17H16O. The summed E-state index contributed by atoms with van der Waals surface area (Å²) in [7, 11) is 0. The summed E-state index contributed by atoms with van der Waals surface area (Å²) in [4.78, 5) is 10.9. The number of carbonyl (C=O) groups excluding carboxylic acids is 1. The van der Waals surface area contributed by atoms with Crippen molar-refractivity contribution >= 4 is 6.29 Å². The summed E-state index contributed by atoms with van der Waals surface area (Å²) < 4.78 is 0. The van der Waals surface area contributed by atoms with Crippen LogP contribution in [0.1, 0.15) is 39.4 Å². The summed E-state index contributed by atoms with van der Waals surface area (Å²) >= 11 is 0. The second-order valence-electron chi connectivity index (χ2n) is 5.00. The average molecular weight is 236 g/mol. The Labute approximate surface area is 107 Å². The molecule has 0 aliphatic heterocycles. The van der Waals surface area contributed by atoms with E-state index in [2.05, 4.69) is 42.5 Å². The fraction of sp³-hybridized carbons (Fsp3) is 0.235. The van der Waals surface area contributed by atoms with Gasteiger partial charge >= 0.3 is 0 Å². The second-order valence-corrected chi connectivity index (χ2v) is 5.00. The number of carbonyl (C=O) groups is 1. The Morgan fingerprint density at radius 3 is 2.72 bits per heavy atom. The Kier molecular flexibility index (Phi) is 2.97. The largest absolute Gasteiger partial charge is 0.298 e. The lowest BCUT2D eigenvalue weighted by Crippen LogP contribution is -1.99. The van der Waals surface area contributed by atoms with Gasteiger partial charge in [0.1, 0.15) is 6.29 Å². The van der Waals surface area contributed by atoms with Crippen LogP contribution in [-0.4, -0.2) is 6.29 Å². The molecular weight excluding hydrogens is 220 g/mol. The zero-order chi connectivity index (χ0) is 12.4. The Balaban J connectivity index is 1.88. The van der Waals surface area contributed by atoms with Crippen LogP contribution >= 0.6 is 0 Å². The second kappa shape index (κ2) is 4.77. The molecule has 90 valence electrons. The van der Waals surface area contributed by atoms with E-state index in [1.165, 1.54) is 23.1 Å². The quantitative estimate of drug-likeness (QED) is 0.741. The van der Waals surface area contributed by atoms with Gasteiger partial charge in [-0.3, -0.25) is 4.79 Å². The summed E-state index contributed by atoms with van der Waals surface area (Å²) in [6.45, 7) is 0. The minimum atomic E-state index is 0.572. The molecule has 1 heteroatoms. The molecule has 1 aliphatic carbocycles. The number of aldehydes is 1. The molecule has 0 saturated heterocycles. The summed E-state index contributed by atoms with van der Waals surface area (Å²) in [5.41, 5.74) is 4.98. The van der Waals surface area contributed by atoms with Crippen LogP contribution in [-0.2, 0) is 12.8 Å². The van der Waals surface area contributed by atoms with Gasteiger partial charge < -0.3 is 0 Å². The van der Waals surface area contributed by atoms with Gasteiger partial charge in [-0.15, -0.1) is 0 Å². The van der Waals surface area contributed by atoms with Crippen molar-refractivity contribution in [2.75, 3.05) is 0 Å². The molecule has 0 bridgehead atoms. The van der Waals surface area contributed by atoms with E-state index in [0.29, 0.717) is 5.92 Å². The Morgan fingerprint density at radius 1 is 1.11 bits per heavy atom.